The molecule has 2 aliphatic heterocycles. The molecule has 0 spiro atoms. The molecular weight excluding hydrogens is 1030 g/mol. The van der Waals surface area contributed by atoms with Gasteiger partial charge in [0.2, 0.25) is 0 Å². The zero-order valence-electron chi connectivity index (χ0n) is 46.5. The Kier molecular flexibility index (Phi) is 13.0. The summed E-state index contributed by atoms with van der Waals surface area (Å²) in [5.74, 6) is 0. The highest BCUT2D eigenvalue weighted by Gasteiger charge is 2.44. The average molecular weight is 1080 g/mol. The Balaban J connectivity index is 1.03. The van der Waals surface area contributed by atoms with Crippen molar-refractivity contribution >= 4 is 91.3 Å². The van der Waals surface area contributed by atoms with Crippen molar-refractivity contribution in [2.45, 2.75) is 0 Å². The van der Waals surface area contributed by atoms with E-state index in [1.54, 1.807) is 0 Å². The first kappa shape index (κ1) is 50.6. The Morgan fingerprint density at radius 2 is 0.635 bits per heavy atom. The number of nitriles is 1. The molecule has 13 aromatic carbocycles. The predicted molar refractivity (Wildman–Crippen MR) is 356 cm³/mol. The van der Waals surface area contributed by atoms with E-state index in [1.165, 1.54) is 16.4 Å². The van der Waals surface area contributed by atoms with E-state index >= 15 is 0 Å². The number of para-hydroxylation sites is 6. The van der Waals surface area contributed by atoms with Crippen molar-refractivity contribution in [1.29, 1.82) is 5.26 Å². The lowest BCUT2D eigenvalue weighted by molar-refractivity contribution is 1.24. The fourth-order valence-electron chi connectivity index (χ4n) is 13.0. The lowest BCUT2D eigenvalue weighted by Gasteiger charge is -2.45. The summed E-state index contributed by atoms with van der Waals surface area (Å²) in [7, 11) is 0. The smallest absolute Gasteiger partial charge is 0.252 e. The minimum absolute atomic E-state index is 0.198. The second-order valence-electron chi connectivity index (χ2n) is 21.5. The molecule has 0 amide bonds. The van der Waals surface area contributed by atoms with Gasteiger partial charge in [0.1, 0.15) is 0 Å². The third-order valence-electron chi connectivity index (χ3n) is 16.6. The third kappa shape index (κ3) is 9.00. The molecule has 2 aliphatic rings. The topological polar surface area (TPSA) is 36.8 Å². The van der Waals surface area contributed by atoms with Crippen molar-refractivity contribution in [1.82, 2.24) is 0 Å². The first-order valence-corrected chi connectivity index (χ1v) is 28.9. The van der Waals surface area contributed by atoms with Crippen molar-refractivity contribution in [3.05, 3.63) is 333 Å². The molecule has 0 aromatic heterocycles. The van der Waals surface area contributed by atoms with Crippen LogP contribution in [0.5, 0.6) is 0 Å². The lowest BCUT2D eigenvalue weighted by atomic mass is 9.33. The van der Waals surface area contributed by atoms with E-state index in [-0.39, 0.29) is 6.71 Å². The molecule has 0 saturated heterocycles. The number of benzene rings is 13. The number of hydrogen-bond acceptors (Lipinski definition) is 5. The minimum atomic E-state index is -0.198. The van der Waals surface area contributed by atoms with Crippen LogP contribution in [-0.4, -0.2) is 6.71 Å². The van der Waals surface area contributed by atoms with E-state index in [0.717, 1.165) is 113 Å². The van der Waals surface area contributed by atoms with Gasteiger partial charge in [-0.3, -0.25) is 0 Å². The summed E-state index contributed by atoms with van der Waals surface area (Å²) in [5, 5.41) is 11.1. The number of anilines is 12. The van der Waals surface area contributed by atoms with E-state index in [2.05, 4.69) is 347 Å². The zero-order chi connectivity index (χ0) is 56.6. The maximum atomic E-state index is 11.1. The molecule has 85 heavy (non-hydrogen) atoms. The molecule has 0 radical (unpaired) electrons. The fraction of sp³-hybridized carbons (Fsp3) is 0. The Hall–Kier alpha value is -11.4. The van der Waals surface area contributed by atoms with Crippen molar-refractivity contribution in [2.24, 2.45) is 0 Å². The number of fused-ring (bicyclic) bond motifs is 4. The maximum Gasteiger partial charge on any atom is 0.252 e. The predicted octanol–water partition coefficient (Wildman–Crippen LogP) is 19.2. The van der Waals surface area contributed by atoms with Crippen LogP contribution in [0.3, 0.4) is 0 Å². The van der Waals surface area contributed by atoms with Gasteiger partial charge in [-0.15, -0.1) is 0 Å². The molecule has 5 nitrogen and oxygen atoms in total. The molecule has 398 valence electrons. The summed E-state index contributed by atoms with van der Waals surface area (Å²) in [6.45, 7) is -0.198. The zero-order valence-corrected chi connectivity index (χ0v) is 46.5. The Morgan fingerprint density at radius 1 is 0.271 bits per heavy atom. The second-order valence-corrected chi connectivity index (χ2v) is 21.5. The monoisotopic (exact) mass is 1080 g/mol. The van der Waals surface area contributed by atoms with Crippen LogP contribution < -0.4 is 36.0 Å². The molecule has 13 aromatic rings. The summed E-state index contributed by atoms with van der Waals surface area (Å²) in [6.07, 6.45) is 0. The van der Waals surface area contributed by atoms with Crippen LogP contribution in [0.4, 0.5) is 68.2 Å². The highest BCUT2D eigenvalue weighted by atomic mass is 15.2. The van der Waals surface area contributed by atoms with Gasteiger partial charge in [0.05, 0.1) is 28.7 Å². The molecule has 0 N–H and O–H groups in total. The fourth-order valence-corrected chi connectivity index (χ4v) is 13.0. The summed E-state index contributed by atoms with van der Waals surface area (Å²) < 4.78 is 0. The molecular formula is C79H54BN5. The van der Waals surface area contributed by atoms with Crippen LogP contribution >= 0.6 is 0 Å². The largest absolute Gasteiger partial charge is 0.311 e. The second kappa shape index (κ2) is 21.8. The maximum absolute atomic E-state index is 11.1. The summed E-state index contributed by atoms with van der Waals surface area (Å²) in [6, 6.07) is 120. The molecule has 2 heterocycles. The lowest BCUT2D eigenvalue weighted by Crippen LogP contribution is -2.61. The van der Waals surface area contributed by atoms with Crippen molar-refractivity contribution in [3.63, 3.8) is 0 Å². The van der Waals surface area contributed by atoms with Crippen molar-refractivity contribution in [2.75, 3.05) is 19.6 Å². The molecule has 0 unspecified atom stereocenters. The molecule has 15 rings (SSSR count). The highest BCUT2D eigenvalue weighted by molar-refractivity contribution is 7.00. The number of hydrogen-bond donors (Lipinski definition) is 0. The molecule has 0 atom stereocenters. The van der Waals surface area contributed by atoms with Gasteiger partial charge in [0.25, 0.3) is 6.71 Å². The number of rotatable bonds is 12. The van der Waals surface area contributed by atoms with Crippen LogP contribution in [0.1, 0.15) is 5.56 Å². The standard InChI is InChI=1S/C79H54BN5/c81-55-56-51-68(59-31-12-3-13-32-59)79(83(63-37-18-6-19-38-63)64-39-20-7-21-40-64)69(52-56)60-47-49-70-76(53-60)84(72-43-24-22-41-66(72)57-27-8-1-9-28-57)74-45-26-46-75-78(74)80(70)71-50-48-65(82(61-33-14-4-15-34-61)62-35-16-5-17-36-62)54-77(71)85(75)73-44-25-23-42-67(73)58-29-10-2-11-30-58/h1-54H. The van der Waals surface area contributed by atoms with Crippen LogP contribution in [0.25, 0.3) is 44.5 Å². The minimum Gasteiger partial charge on any atom is -0.311 e. The van der Waals surface area contributed by atoms with Gasteiger partial charge in [0, 0.05) is 73.4 Å². The van der Waals surface area contributed by atoms with Gasteiger partial charge in [0.15, 0.2) is 0 Å². The van der Waals surface area contributed by atoms with Crippen molar-refractivity contribution in [3.8, 4) is 50.6 Å². The summed E-state index contributed by atoms with van der Waals surface area (Å²) in [5.41, 5.74) is 25.2. The SMILES string of the molecule is N#Cc1cc(-c2ccccc2)c(N(c2ccccc2)c2ccccc2)c(-c2ccc3c(c2)N(c2ccccc2-c2ccccc2)c2cccc4c2B3c2ccc(N(c3ccccc3)c3ccccc3)cc2N4c2ccccc2-c2ccccc2)c1. The van der Waals surface area contributed by atoms with E-state index in [4.69, 9.17) is 0 Å². The first-order chi connectivity index (χ1) is 42.2. The van der Waals surface area contributed by atoms with Crippen LogP contribution in [0.15, 0.2) is 328 Å². The highest BCUT2D eigenvalue weighted by Crippen LogP contribution is 2.52. The Labute approximate surface area is 497 Å². The first-order valence-electron chi connectivity index (χ1n) is 28.9. The Morgan fingerprint density at radius 3 is 1.09 bits per heavy atom. The molecule has 0 fully saturated rings. The summed E-state index contributed by atoms with van der Waals surface area (Å²) >= 11 is 0. The van der Waals surface area contributed by atoms with Gasteiger partial charge in [-0.2, -0.15) is 5.26 Å². The quantitative estimate of drug-likeness (QED) is 0.114. The molecule has 0 saturated carbocycles. The normalized spacial score (nSPS) is 11.9. The van der Waals surface area contributed by atoms with Crippen molar-refractivity contribution < 1.29 is 0 Å². The molecule has 0 bridgehead atoms. The van der Waals surface area contributed by atoms with E-state index in [1.807, 2.05) is 6.07 Å². The molecule has 0 aliphatic carbocycles. The van der Waals surface area contributed by atoms with Gasteiger partial charge in [-0.05, 0) is 142 Å². The third-order valence-corrected chi connectivity index (χ3v) is 16.6. The van der Waals surface area contributed by atoms with Gasteiger partial charge < -0.3 is 19.6 Å². The van der Waals surface area contributed by atoms with Crippen LogP contribution in [0.2, 0.25) is 0 Å². The van der Waals surface area contributed by atoms with Gasteiger partial charge >= 0.3 is 0 Å². The average Bonchev–Trinajstić information content (AvgIpc) is 0.879. The van der Waals surface area contributed by atoms with Gasteiger partial charge in [-0.25, -0.2) is 0 Å². The van der Waals surface area contributed by atoms with Gasteiger partial charge in [-0.1, -0.05) is 224 Å². The van der Waals surface area contributed by atoms with E-state index in [0.29, 0.717) is 5.56 Å². The molecule has 6 heteroatoms. The van der Waals surface area contributed by atoms with Crippen LogP contribution in [-0.2, 0) is 0 Å². The number of nitrogens with zero attached hydrogens (tertiary/aromatic N) is 5. The van der Waals surface area contributed by atoms with Crippen LogP contribution in [0, 0.1) is 11.3 Å². The Bertz CT molecular complexity index is 4530. The van der Waals surface area contributed by atoms with E-state index < -0.39 is 0 Å². The van der Waals surface area contributed by atoms with E-state index in [9.17, 15) is 5.26 Å². The summed E-state index contributed by atoms with van der Waals surface area (Å²) in [4.78, 5) is 9.76.